The van der Waals surface area contributed by atoms with E-state index in [1.165, 1.54) is 13.4 Å². The predicted molar refractivity (Wildman–Crippen MR) is 78.2 cm³/mol. The zero-order valence-electron chi connectivity index (χ0n) is 11.8. The van der Waals surface area contributed by atoms with Gasteiger partial charge in [-0.2, -0.15) is 0 Å². The number of carbonyl (C=O) groups excluding carboxylic acids is 2. The zero-order valence-corrected chi connectivity index (χ0v) is 11.8. The number of methoxy groups -OCH3 is 1. The smallest absolute Gasteiger partial charge is 0.291 e. The van der Waals surface area contributed by atoms with Gasteiger partial charge in [0.15, 0.2) is 5.76 Å². The molecule has 2 amide bonds. The van der Waals surface area contributed by atoms with Gasteiger partial charge in [-0.1, -0.05) is 0 Å². The molecule has 1 heterocycles. The lowest BCUT2D eigenvalue weighted by Crippen LogP contribution is -2.26. The first-order chi connectivity index (χ1) is 10.1. The molecule has 0 saturated carbocycles. The van der Waals surface area contributed by atoms with Crippen molar-refractivity contribution in [3.8, 4) is 0 Å². The molecule has 6 heteroatoms. The Labute approximate surface area is 122 Å². The van der Waals surface area contributed by atoms with E-state index in [1.807, 2.05) is 0 Å². The fourth-order valence-corrected chi connectivity index (χ4v) is 1.59. The molecule has 21 heavy (non-hydrogen) atoms. The summed E-state index contributed by atoms with van der Waals surface area (Å²) in [6.45, 7) is 1.66. The first kappa shape index (κ1) is 14.8. The molecular formula is C15H16N2O4. The molecule has 2 rings (SSSR count). The topological polar surface area (TPSA) is 80.6 Å². The minimum Gasteiger partial charge on any atom is -0.459 e. The molecule has 1 unspecified atom stereocenters. The summed E-state index contributed by atoms with van der Waals surface area (Å²) in [5.74, 6) is -0.323. The molecule has 0 saturated heterocycles. The van der Waals surface area contributed by atoms with Crippen LogP contribution in [0.25, 0.3) is 0 Å². The van der Waals surface area contributed by atoms with Crippen molar-refractivity contribution >= 4 is 23.2 Å². The third kappa shape index (κ3) is 3.93. The summed E-state index contributed by atoms with van der Waals surface area (Å²) in [5, 5.41) is 5.39. The van der Waals surface area contributed by atoms with Crippen LogP contribution < -0.4 is 10.6 Å². The third-order valence-corrected chi connectivity index (χ3v) is 2.88. The van der Waals surface area contributed by atoms with Crippen LogP contribution in [-0.2, 0) is 9.53 Å². The Kier molecular flexibility index (Phi) is 4.73. The van der Waals surface area contributed by atoms with Gasteiger partial charge in [0.25, 0.3) is 11.8 Å². The van der Waals surface area contributed by atoms with Gasteiger partial charge in [-0.3, -0.25) is 9.59 Å². The van der Waals surface area contributed by atoms with Crippen LogP contribution in [0.15, 0.2) is 47.1 Å². The van der Waals surface area contributed by atoms with Gasteiger partial charge in [0.2, 0.25) is 0 Å². The second kappa shape index (κ2) is 6.71. The van der Waals surface area contributed by atoms with Crippen LogP contribution in [0, 0.1) is 0 Å². The van der Waals surface area contributed by atoms with E-state index >= 15 is 0 Å². The number of nitrogens with one attached hydrogen (secondary N) is 2. The van der Waals surface area contributed by atoms with E-state index in [0.29, 0.717) is 11.4 Å². The second-order valence-corrected chi connectivity index (χ2v) is 4.38. The fraction of sp³-hybridized carbons (Fsp3) is 0.200. The molecule has 0 fully saturated rings. The van der Waals surface area contributed by atoms with E-state index in [0.717, 1.165) is 0 Å². The van der Waals surface area contributed by atoms with Gasteiger partial charge in [-0.25, -0.2) is 0 Å². The maximum absolute atomic E-state index is 11.8. The summed E-state index contributed by atoms with van der Waals surface area (Å²) in [6, 6.07) is 9.98. The molecule has 1 aromatic heterocycles. The molecule has 0 aliphatic heterocycles. The summed E-state index contributed by atoms with van der Waals surface area (Å²) in [6.07, 6.45) is 0.910. The minimum absolute atomic E-state index is 0.232. The van der Waals surface area contributed by atoms with Crippen LogP contribution >= 0.6 is 0 Å². The van der Waals surface area contributed by atoms with E-state index in [9.17, 15) is 9.59 Å². The molecule has 0 radical (unpaired) electrons. The molecule has 1 aromatic carbocycles. The highest BCUT2D eigenvalue weighted by Gasteiger charge is 2.12. The van der Waals surface area contributed by atoms with Gasteiger partial charge in [0, 0.05) is 18.5 Å². The van der Waals surface area contributed by atoms with E-state index in [4.69, 9.17) is 9.15 Å². The van der Waals surface area contributed by atoms with E-state index in [1.54, 1.807) is 43.3 Å². The average molecular weight is 288 g/mol. The van der Waals surface area contributed by atoms with Crippen molar-refractivity contribution in [3.05, 3.63) is 48.4 Å². The van der Waals surface area contributed by atoms with Crippen LogP contribution in [0.5, 0.6) is 0 Å². The minimum atomic E-state index is -0.525. The Morgan fingerprint density at radius 3 is 2.24 bits per heavy atom. The second-order valence-electron chi connectivity index (χ2n) is 4.38. The van der Waals surface area contributed by atoms with Gasteiger partial charge in [0.05, 0.1) is 6.26 Å². The highest BCUT2D eigenvalue weighted by Crippen LogP contribution is 2.15. The summed E-state index contributed by atoms with van der Waals surface area (Å²) < 4.78 is 9.92. The van der Waals surface area contributed by atoms with Crippen molar-refractivity contribution in [3.63, 3.8) is 0 Å². The normalized spacial score (nSPS) is 11.7. The lowest BCUT2D eigenvalue weighted by atomic mass is 10.2. The molecule has 6 nitrogen and oxygen atoms in total. The van der Waals surface area contributed by atoms with Crippen molar-refractivity contribution in [2.75, 3.05) is 17.7 Å². The van der Waals surface area contributed by atoms with Gasteiger partial charge in [-0.15, -0.1) is 0 Å². The zero-order chi connectivity index (χ0) is 15.2. The van der Waals surface area contributed by atoms with Gasteiger partial charge >= 0.3 is 0 Å². The van der Waals surface area contributed by atoms with Crippen LogP contribution in [-0.4, -0.2) is 25.0 Å². The standard InChI is InChI=1S/C15H16N2O4/c1-10(20-2)14(18)16-11-5-7-12(8-6-11)17-15(19)13-4-3-9-21-13/h3-10H,1-2H3,(H,16,18)(H,17,19). The Morgan fingerprint density at radius 2 is 1.71 bits per heavy atom. The number of benzene rings is 1. The van der Waals surface area contributed by atoms with Crippen molar-refractivity contribution in [1.82, 2.24) is 0 Å². The number of carbonyl (C=O) groups is 2. The lowest BCUT2D eigenvalue weighted by molar-refractivity contribution is -0.124. The van der Waals surface area contributed by atoms with E-state index in [-0.39, 0.29) is 17.6 Å². The lowest BCUT2D eigenvalue weighted by Gasteiger charge is -2.11. The van der Waals surface area contributed by atoms with Crippen LogP contribution in [0.1, 0.15) is 17.5 Å². The van der Waals surface area contributed by atoms with Crippen LogP contribution in [0.3, 0.4) is 0 Å². The highest BCUT2D eigenvalue weighted by atomic mass is 16.5. The Hall–Kier alpha value is -2.60. The number of furan rings is 1. The fourth-order valence-electron chi connectivity index (χ4n) is 1.59. The SMILES string of the molecule is COC(C)C(=O)Nc1ccc(NC(=O)c2ccco2)cc1. The first-order valence-electron chi connectivity index (χ1n) is 6.38. The number of hydrogen-bond acceptors (Lipinski definition) is 4. The summed E-state index contributed by atoms with van der Waals surface area (Å²) in [7, 11) is 1.47. The van der Waals surface area contributed by atoms with Crippen LogP contribution in [0.2, 0.25) is 0 Å². The van der Waals surface area contributed by atoms with Crippen molar-refractivity contribution < 1.29 is 18.7 Å². The molecule has 0 aliphatic rings. The van der Waals surface area contributed by atoms with E-state index < -0.39 is 6.10 Å². The molecule has 1 atom stereocenters. The van der Waals surface area contributed by atoms with Gasteiger partial charge in [-0.05, 0) is 43.3 Å². The number of amides is 2. The average Bonchev–Trinajstić information content (AvgIpc) is 3.02. The maximum Gasteiger partial charge on any atom is 0.291 e. The van der Waals surface area contributed by atoms with Crippen LogP contribution in [0.4, 0.5) is 11.4 Å². The first-order valence-corrected chi connectivity index (χ1v) is 6.38. The highest BCUT2D eigenvalue weighted by molar-refractivity contribution is 6.02. The molecule has 2 N–H and O–H groups in total. The predicted octanol–water partition coefficient (Wildman–Crippen LogP) is 2.51. The number of anilines is 2. The van der Waals surface area contributed by atoms with Crippen molar-refractivity contribution in [1.29, 1.82) is 0 Å². The molecule has 0 aliphatic carbocycles. The number of rotatable bonds is 5. The number of ether oxygens (including phenoxy) is 1. The largest absolute Gasteiger partial charge is 0.459 e. The van der Waals surface area contributed by atoms with Gasteiger partial charge < -0.3 is 19.8 Å². The Morgan fingerprint density at radius 1 is 1.10 bits per heavy atom. The third-order valence-electron chi connectivity index (χ3n) is 2.88. The summed E-state index contributed by atoms with van der Waals surface area (Å²) in [4.78, 5) is 23.4. The summed E-state index contributed by atoms with van der Waals surface area (Å²) in [5.41, 5.74) is 1.23. The molecule has 2 aromatic rings. The molecular weight excluding hydrogens is 272 g/mol. The molecule has 0 bridgehead atoms. The van der Waals surface area contributed by atoms with E-state index in [2.05, 4.69) is 10.6 Å². The van der Waals surface area contributed by atoms with Crippen molar-refractivity contribution in [2.45, 2.75) is 13.0 Å². The van der Waals surface area contributed by atoms with Crippen molar-refractivity contribution in [2.24, 2.45) is 0 Å². The quantitative estimate of drug-likeness (QED) is 0.885. The Balaban J connectivity index is 1.96. The number of hydrogen-bond donors (Lipinski definition) is 2. The Bertz CT molecular complexity index is 605. The molecule has 110 valence electrons. The summed E-state index contributed by atoms with van der Waals surface area (Å²) >= 11 is 0. The molecule has 0 spiro atoms. The maximum atomic E-state index is 11.8. The monoisotopic (exact) mass is 288 g/mol. The van der Waals surface area contributed by atoms with Gasteiger partial charge in [0.1, 0.15) is 6.10 Å².